The number of aromatic nitrogens is 2. The minimum absolute atomic E-state index is 0.146. The number of hydrogen-bond acceptors (Lipinski definition) is 10. The number of ether oxygens (including phenoxy) is 1. The topological polar surface area (TPSA) is 150 Å². The summed E-state index contributed by atoms with van der Waals surface area (Å²) in [5.74, 6) is -0.364. The van der Waals surface area contributed by atoms with Crippen molar-refractivity contribution in [2.24, 2.45) is 0 Å². The molecule has 0 aliphatic carbocycles. The van der Waals surface area contributed by atoms with Gasteiger partial charge in [0.15, 0.2) is 0 Å². The molecule has 4 aliphatic rings. The van der Waals surface area contributed by atoms with E-state index in [1.807, 2.05) is 16.9 Å². The lowest BCUT2D eigenvalue weighted by Crippen LogP contribution is -2.52. The third-order valence-corrected chi connectivity index (χ3v) is 9.30. The van der Waals surface area contributed by atoms with E-state index in [2.05, 4.69) is 82.1 Å². The van der Waals surface area contributed by atoms with E-state index in [9.17, 15) is 19.2 Å². The zero-order chi connectivity index (χ0) is 33.5. The minimum atomic E-state index is -0.391. The first kappa shape index (κ1) is 34.5. The Morgan fingerprint density at radius 3 is 2.45 bits per heavy atom. The molecule has 3 saturated heterocycles. The van der Waals surface area contributed by atoms with Crippen molar-refractivity contribution in [3.8, 4) is 0 Å². The molecule has 0 saturated carbocycles. The van der Waals surface area contributed by atoms with Gasteiger partial charge in [-0.1, -0.05) is 32.0 Å². The van der Waals surface area contributed by atoms with Gasteiger partial charge in [0.1, 0.15) is 12.1 Å². The number of carbonyl (C=O) groups excluding carboxylic acids is 4. The number of carbonyl (C=O) groups is 4. The lowest BCUT2D eigenvalue weighted by Gasteiger charge is -2.32. The van der Waals surface area contributed by atoms with Gasteiger partial charge in [0, 0.05) is 62.4 Å². The highest BCUT2D eigenvalue weighted by Crippen LogP contribution is 2.40. The van der Waals surface area contributed by atoms with Crippen molar-refractivity contribution < 1.29 is 23.9 Å². The predicted octanol–water partition coefficient (Wildman–Crippen LogP) is 2.17. The highest BCUT2D eigenvalue weighted by Gasteiger charge is 2.38. The molecule has 4 N–H and O–H groups in total. The van der Waals surface area contributed by atoms with Gasteiger partial charge >= 0.3 is 0 Å². The lowest BCUT2D eigenvalue weighted by atomic mass is 9.98. The molecule has 4 unspecified atom stereocenters. The first-order valence-electron chi connectivity index (χ1n) is 17.0. The molecule has 0 bridgehead atoms. The van der Waals surface area contributed by atoms with E-state index < -0.39 is 6.04 Å². The first-order valence-corrected chi connectivity index (χ1v) is 17.0. The number of hydrogen-bond donors (Lipinski definition) is 4. The molecule has 0 radical (unpaired) electrons. The van der Waals surface area contributed by atoms with Crippen molar-refractivity contribution >= 4 is 35.0 Å². The zero-order valence-corrected chi connectivity index (χ0v) is 28.0. The third-order valence-electron chi connectivity index (χ3n) is 9.30. The number of imide groups is 2. The number of anilines is 2. The molecule has 4 atom stereocenters. The van der Waals surface area contributed by atoms with Crippen LogP contribution in [0.15, 0.2) is 36.7 Å². The van der Waals surface area contributed by atoms with Crippen LogP contribution in [-0.4, -0.2) is 102 Å². The molecule has 1 aromatic heterocycles. The Kier molecular flexibility index (Phi) is 11.6. The summed E-state index contributed by atoms with van der Waals surface area (Å²) in [5, 5.41) is 15.9. The van der Waals surface area contributed by atoms with E-state index >= 15 is 0 Å². The molecule has 256 valence electrons. The molecule has 13 nitrogen and oxygen atoms in total. The smallest absolute Gasteiger partial charge is 0.249 e. The standard InChI is InChI=1S/C18H25N3O2.C16H25N5O3/c1-12(2)19-10-9-13-11-21(15-6-4-3-5-14(13)15)16-7-8-17(22)20-18(16)23;1-11(2)20-5-6-24-10-13(9-20)21-8-12(7-17-21)18-14-3-4-15(22)19-16(14)23/h3-6,12-13,16,19H,7-11H2,1-2H3,(H,20,22,23);7-8,11,13-14,18H,3-6,9-10H2,1-2H3,(H,19,22,23). The van der Waals surface area contributed by atoms with Crippen LogP contribution in [0.3, 0.4) is 0 Å². The summed E-state index contributed by atoms with van der Waals surface area (Å²) in [4.78, 5) is 51.2. The Bertz CT molecular complexity index is 1410. The fraction of sp³-hybridized carbons (Fsp3) is 0.618. The summed E-state index contributed by atoms with van der Waals surface area (Å²) in [6.07, 6.45) is 6.57. The fourth-order valence-corrected chi connectivity index (χ4v) is 6.69. The maximum atomic E-state index is 12.2. The molecule has 4 amide bonds. The Balaban J connectivity index is 0.000000185. The van der Waals surface area contributed by atoms with Crippen LogP contribution < -0.4 is 26.2 Å². The second-order valence-corrected chi connectivity index (χ2v) is 13.4. The molecular formula is C34H50N8O5. The lowest BCUT2D eigenvalue weighted by molar-refractivity contribution is -0.135. The Morgan fingerprint density at radius 1 is 0.979 bits per heavy atom. The van der Waals surface area contributed by atoms with Crippen LogP contribution >= 0.6 is 0 Å². The van der Waals surface area contributed by atoms with Crippen LogP contribution in [0.2, 0.25) is 0 Å². The highest BCUT2D eigenvalue weighted by molar-refractivity contribution is 6.02. The molecule has 5 heterocycles. The second-order valence-electron chi connectivity index (χ2n) is 13.4. The van der Waals surface area contributed by atoms with Gasteiger partial charge in [0.05, 0.1) is 31.1 Å². The van der Waals surface area contributed by atoms with Crippen LogP contribution in [0.4, 0.5) is 11.4 Å². The van der Waals surface area contributed by atoms with Crippen molar-refractivity contribution in [2.45, 2.75) is 95.9 Å². The quantitative estimate of drug-likeness (QED) is 0.298. The molecule has 4 aliphatic heterocycles. The van der Waals surface area contributed by atoms with E-state index in [0.717, 1.165) is 50.6 Å². The molecule has 0 spiro atoms. The number of para-hydroxylation sites is 1. The van der Waals surface area contributed by atoms with E-state index in [1.54, 1.807) is 6.20 Å². The van der Waals surface area contributed by atoms with Gasteiger partial charge < -0.3 is 20.3 Å². The van der Waals surface area contributed by atoms with Gasteiger partial charge in [-0.2, -0.15) is 5.10 Å². The summed E-state index contributed by atoms with van der Waals surface area (Å²) in [5.41, 5.74) is 3.25. The molecule has 6 rings (SSSR count). The molecule has 13 heteroatoms. The van der Waals surface area contributed by atoms with Crippen molar-refractivity contribution in [2.75, 3.05) is 49.6 Å². The van der Waals surface area contributed by atoms with E-state index in [4.69, 9.17) is 4.74 Å². The normalized spacial score (nSPS) is 25.2. The van der Waals surface area contributed by atoms with Gasteiger partial charge in [-0.05, 0) is 51.3 Å². The van der Waals surface area contributed by atoms with Crippen LogP contribution in [0.5, 0.6) is 0 Å². The summed E-state index contributed by atoms with van der Waals surface area (Å²) < 4.78 is 7.60. The number of amides is 4. The van der Waals surface area contributed by atoms with Crippen LogP contribution in [-0.2, 0) is 23.9 Å². The summed E-state index contributed by atoms with van der Waals surface area (Å²) in [6.45, 7) is 13.7. The minimum Gasteiger partial charge on any atom is -0.378 e. The number of benzene rings is 1. The van der Waals surface area contributed by atoms with Crippen LogP contribution in [0.1, 0.15) is 77.3 Å². The van der Waals surface area contributed by atoms with Crippen molar-refractivity contribution in [3.05, 3.63) is 42.2 Å². The Morgan fingerprint density at radius 2 is 1.72 bits per heavy atom. The van der Waals surface area contributed by atoms with Crippen molar-refractivity contribution in [1.82, 2.24) is 30.6 Å². The van der Waals surface area contributed by atoms with E-state index in [1.165, 1.54) is 5.56 Å². The predicted molar refractivity (Wildman–Crippen MR) is 179 cm³/mol. The SMILES string of the molecule is CC(C)N1CCOCC(n2cc(NC3CCC(=O)NC3=O)cn2)C1.CC(C)NCCC1CN(C2CCC(=O)NC2=O)c2ccccc21. The Hall–Kier alpha value is -3.81. The zero-order valence-electron chi connectivity index (χ0n) is 28.0. The summed E-state index contributed by atoms with van der Waals surface area (Å²) >= 11 is 0. The second kappa shape index (κ2) is 15.9. The summed E-state index contributed by atoms with van der Waals surface area (Å²) in [7, 11) is 0. The average molecular weight is 651 g/mol. The maximum Gasteiger partial charge on any atom is 0.249 e. The maximum absolute atomic E-state index is 12.2. The molecule has 1 aromatic carbocycles. The van der Waals surface area contributed by atoms with Gasteiger partial charge in [-0.3, -0.25) is 39.4 Å². The number of nitrogens with zero attached hydrogens (tertiary/aromatic N) is 4. The first-order chi connectivity index (χ1) is 22.6. The number of piperidine rings is 2. The average Bonchev–Trinajstić information content (AvgIpc) is 3.55. The number of rotatable bonds is 9. The van der Waals surface area contributed by atoms with E-state index in [0.29, 0.717) is 50.3 Å². The third kappa shape index (κ3) is 8.96. The Labute approximate surface area is 277 Å². The molecular weight excluding hydrogens is 600 g/mol. The van der Waals surface area contributed by atoms with Gasteiger partial charge in [0.2, 0.25) is 23.6 Å². The van der Waals surface area contributed by atoms with Gasteiger partial charge in [-0.15, -0.1) is 0 Å². The summed E-state index contributed by atoms with van der Waals surface area (Å²) in [6, 6.07) is 8.82. The van der Waals surface area contributed by atoms with Gasteiger partial charge in [-0.25, -0.2) is 0 Å². The molecule has 2 aromatic rings. The monoisotopic (exact) mass is 650 g/mol. The fourth-order valence-electron chi connectivity index (χ4n) is 6.69. The number of nitrogens with one attached hydrogen (secondary N) is 4. The highest BCUT2D eigenvalue weighted by atomic mass is 16.5. The van der Waals surface area contributed by atoms with E-state index in [-0.39, 0.29) is 35.7 Å². The van der Waals surface area contributed by atoms with Crippen LogP contribution in [0, 0.1) is 0 Å². The van der Waals surface area contributed by atoms with Crippen LogP contribution in [0.25, 0.3) is 0 Å². The largest absolute Gasteiger partial charge is 0.378 e. The van der Waals surface area contributed by atoms with Crippen molar-refractivity contribution in [1.29, 1.82) is 0 Å². The van der Waals surface area contributed by atoms with Crippen molar-refractivity contribution in [3.63, 3.8) is 0 Å². The number of fused-ring (bicyclic) bond motifs is 1. The van der Waals surface area contributed by atoms with Gasteiger partial charge in [0.25, 0.3) is 0 Å². The molecule has 3 fully saturated rings. The molecule has 47 heavy (non-hydrogen) atoms.